The highest BCUT2D eigenvalue weighted by Crippen LogP contribution is 2.29. The Kier molecular flexibility index (Phi) is 5.90. The van der Waals surface area contributed by atoms with Crippen molar-refractivity contribution in [2.45, 2.75) is 6.61 Å². The summed E-state index contributed by atoms with van der Waals surface area (Å²) in [5.41, 5.74) is 2.78. The molecule has 7 nitrogen and oxygen atoms in total. The summed E-state index contributed by atoms with van der Waals surface area (Å²) >= 11 is 5.69. The number of benzene rings is 2. The minimum absolute atomic E-state index is 0.0439. The second kappa shape index (κ2) is 8.11. The Balaban J connectivity index is 1.81. The number of nitrogens with zero attached hydrogens (tertiary/aromatic N) is 1. The van der Waals surface area contributed by atoms with Crippen LogP contribution in [-0.4, -0.2) is 17.4 Å². The first-order chi connectivity index (χ1) is 11.1. The van der Waals surface area contributed by atoms with Crippen LogP contribution in [0, 0.1) is 10.1 Å². The van der Waals surface area contributed by atoms with Gasteiger partial charge >= 0.3 is 5.69 Å². The van der Waals surface area contributed by atoms with E-state index < -0.39 is 17.4 Å². The number of rotatable bonds is 7. The second-order valence-corrected chi connectivity index (χ2v) is 4.89. The van der Waals surface area contributed by atoms with Gasteiger partial charge in [0, 0.05) is 11.1 Å². The summed E-state index contributed by atoms with van der Waals surface area (Å²) in [5.74, 6) is -0.609. The third-order valence-corrected chi connectivity index (χ3v) is 2.98. The summed E-state index contributed by atoms with van der Waals surface area (Å²) < 4.78 is 5.13. The number of carbonyl (C=O) groups is 1. The molecule has 1 N–H and O–H groups in total. The number of hydrogen-bond acceptors (Lipinski definition) is 5. The average Bonchev–Trinajstić information content (AvgIpc) is 2.54. The minimum atomic E-state index is -0.634. The van der Waals surface area contributed by atoms with Crippen molar-refractivity contribution >= 4 is 23.2 Å². The van der Waals surface area contributed by atoms with Gasteiger partial charge in [0.05, 0.1) is 11.5 Å². The number of amides is 1. The van der Waals surface area contributed by atoms with Crippen molar-refractivity contribution in [3.8, 4) is 5.75 Å². The van der Waals surface area contributed by atoms with Gasteiger partial charge in [-0.1, -0.05) is 41.9 Å². The molecular weight excluding hydrogens is 324 g/mol. The van der Waals surface area contributed by atoms with Crippen LogP contribution in [0.2, 0.25) is 5.02 Å². The van der Waals surface area contributed by atoms with Gasteiger partial charge in [0.2, 0.25) is 0 Å². The van der Waals surface area contributed by atoms with Crippen LogP contribution >= 0.6 is 11.6 Å². The molecule has 1 amide bonds. The molecule has 0 bridgehead atoms. The molecule has 0 atom stereocenters. The number of nitro groups is 1. The second-order valence-electron chi connectivity index (χ2n) is 4.46. The molecule has 0 heterocycles. The van der Waals surface area contributed by atoms with E-state index in [1.165, 1.54) is 12.1 Å². The van der Waals surface area contributed by atoms with Crippen LogP contribution in [-0.2, 0) is 16.2 Å². The summed E-state index contributed by atoms with van der Waals surface area (Å²) in [7, 11) is 0. The standard InChI is InChI=1S/C15H13ClN2O5/c16-12-6-7-14(13(8-12)18(20)21)22-10-15(19)17-23-9-11-4-2-1-3-5-11/h1-8H,9-10H2,(H,17,19). The van der Waals surface area contributed by atoms with E-state index in [-0.39, 0.29) is 23.1 Å². The largest absolute Gasteiger partial charge is 0.477 e. The van der Waals surface area contributed by atoms with Gasteiger partial charge in [-0.3, -0.25) is 19.7 Å². The van der Waals surface area contributed by atoms with Crippen molar-refractivity contribution in [1.82, 2.24) is 5.48 Å². The summed E-state index contributed by atoms with van der Waals surface area (Å²) in [6, 6.07) is 13.2. The molecule has 0 saturated carbocycles. The van der Waals surface area contributed by atoms with Gasteiger partial charge in [-0.15, -0.1) is 0 Å². The number of carbonyl (C=O) groups excluding carboxylic acids is 1. The number of hydrogen-bond donors (Lipinski definition) is 1. The van der Waals surface area contributed by atoms with Crippen molar-refractivity contribution in [3.05, 3.63) is 69.2 Å². The summed E-state index contributed by atoms with van der Waals surface area (Å²) in [6.07, 6.45) is 0. The molecule has 8 heteroatoms. The lowest BCUT2D eigenvalue weighted by molar-refractivity contribution is -0.385. The number of ether oxygens (including phenoxy) is 1. The molecule has 0 aromatic heterocycles. The Morgan fingerprint density at radius 1 is 1.22 bits per heavy atom. The third-order valence-electron chi connectivity index (χ3n) is 2.74. The molecule has 120 valence electrons. The molecule has 2 rings (SSSR count). The Labute approximate surface area is 136 Å². The first-order valence-corrected chi connectivity index (χ1v) is 6.95. The van der Waals surface area contributed by atoms with Crippen LogP contribution in [0.5, 0.6) is 5.75 Å². The Hall–Kier alpha value is -2.64. The van der Waals surface area contributed by atoms with Crippen molar-refractivity contribution in [2.75, 3.05) is 6.61 Å². The average molecular weight is 337 g/mol. The lowest BCUT2D eigenvalue weighted by atomic mass is 10.2. The number of nitrogens with one attached hydrogen (secondary N) is 1. The maximum Gasteiger partial charge on any atom is 0.312 e. The Morgan fingerprint density at radius 3 is 2.65 bits per heavy atom. The van der Waals surface area contributed by atoms with Crippen LogP contribution < -0.4 is 10.2 Å². The first-order valence-electron chi connectivity index (χ1n) is 6.57. The molecule has 0 saturated heterocycles. The van der Waals surface area contributed by atoms with Crippen LogP contribution in [0.3, 0.4) is 0 Å². The van der Waals surface area contributed by atoms with Crippen molar-refractivity contribution in [3.63, 3.8) is 0 Å². The highest BCUT2D eigenvalue weighted by Gasteiger charge is 2.16. The van der Waals surface area contributed by atoms with Gasteiger partial charge in [0.25, 0.3) is 5.91 Å². The highest BCUT2D eigenvalue weighted by molar-refractivity contribution is 6.30. The molecule has 0 aliphatic heterocycles. The molecule has 0 unspecified atom stereocenters. The van der Waals surface area contributed by atoms with E-state index in [9.17, 15) is 14.9 Å². The van der Waals surface area contributed by atoms with Gasteiger partial charge in [0.15, 0.2) is 12.4 Å². The molecule has 0 aliphatic rings. The predicted octanol–water partition coefficient (Wildman–Crippen LogP) is 2.88. The van der Waals surface area contributed by atoms with E-state index >= 15 is 0 Å². The fraction of sp³-hybridized carbons (Fsp3) is 0.133. The van der Waals surface area contributed by atoms with Crippen LogP contribution in [0.4, 0.5) is 5.69 Å². The van der Waals surface area contributed by atoms with Crippen LogP contribution in [0.1, 0.15) is 5.56 Å². The topological polar surface area (TPSA) is 90.7 Å². The third kappa shape index (κ3) is 5.24. The Bertz CT molecular complexity index is 694. The van der Waals surface area contributed by atoms with Crippen LogP contribution in [0.15, 0.2) is 48.5 Å². The smallest absolute Gasteiger partial charge is 0.312 e. The summed E-state index contributed by atoms with van der Waals surface area (Å²) in [5, 5.41) is 11.1. The summed E-state index contributed by atoms with van der Waals surface area (Å²) in [6.45, 7) is -0.217. The lowest BCUT2D eigenvalue weighted by Crippen LogP contribution is -2.29. The van der Waals surface area contributed by atoms with E-state index in [0.717, 1.165) is 11.6 Å². The van der Waals surface area contributed by atoms with Gasteiger partial charge in [-0.2, -0.15) is 0 Å². The van der Waals surface area contributed by atoms with Gasteiger partial charge in [-0.25, -0.2) is 5.48 Å². The van der Waals surface area contributed by atoms with Crippen LogP contribution in [0.25, 0.3) is 0 Å². The van der Waals surface area contributed by atoms with E-state index in [2.05, 4.69) is 5.48 Å². The predicted molar refractivity (Wildman–Crippen MR) is 83.0 cm³/mol. The van der Waals surface area contributed by atoms with Gasteiger partial charge in [0.1, 0.15) is 0 Å². The zero-order chi connectivity index (χ0) is 16.7. The summed E-state index contributed by atoms with van der Waals surface area (Å²) in [4.78, 5) is 26.9. The zero-order valence-electron chi connectivity index (χ0n) is 11.9. The molecule has 2 aromatic rings. The fourth-order valence-electron chi connectivity index (χ4n) is 1.70. The van der Waals surface area contributed by atoms with E-state index in [4.69, 9.17) is 21.2 Å². The quantitative estimate of drug-likeness (QED) is 0.620. The molecule has 0 radical (unpaired) electrons. The molecule has 23 heavy (non-hydrogen) atoms. The number of hydroxylamine groups is 1. The molecular formula is C15H13ClN2O5. The van der Waals surface area contributed by atoms with Crippen molar-refractivity contribution in [2.24, 2.45) is 0 Å². The first kappa shape index (κ1) is 16.7. The van der Waals surface area contributed by atoms with E-state index in [1.54, 1.807) is 0 Å². The zero-order valence-corrected chi connectivity index (χ0v) is 12.7. The molecule has 0 aliphatic carbocycles. The maximum atomic E-state index is 11.6. The Morgan fingerprint density at radius 2 is 1.96 bits per heavy atom. The minimum Gasteiger partial charge on any atom is -0.477 e. The highest BCUT2D eigenvalue weighted by atomic mass is 35.5. The molecule has 0 spiro atoms. The van der Waals surface area contributed by atoms with E-state index in [1.807, 2.05) is 30.3 Å². The van der Waals surface area contributed by atoms with Gasteiger partial charge < -0.3 is 4.74 Å². The number of nitro benzene ring substituents is 1. The fourth-order valence-corrected chi connectivity index (χ4v) is 1.87. The monoisotopic (exact) mass is 336 g/mol. The normalized spacial score (nSPS) is 10.1. The number of halogens is 1. The molecule has 2 aromatic carbocycles. The van der Waals surface area contributed by atoms with Crippen molar-refractivity contribution < 1.29 is 19.3 Å². The lowest BCUT2D eigenvalue weighted by Gasteiger charge is -2.08. The maximum absolute atomic E-state index is 11.6. The van der Waals surface area contributed by atoms with Crippen molar-refractivity contribution in [1.29, 1.82) is 0 Å². The molecule has 0 fully saturated rings. The van der Waals surface area contributed by atoms with E-state index in [0.29, 0.717) is 0 Å². The SMILES string of the molecule is O=C(COc1ccc(Cl)cc1[N+](=O)[O-])NOCc1ccccc1. The van der Waals surface area contributed by atoms with Gasteiger partial charge in [-0.05, 0) is 17.7 Å².